The second-order valence-electron chi connectivity index (χ2n) is 11.2. The number of likely N-dealkylation sites (tertiary alicyclic amines) is 1. The van der Waals surface area contributed by atoms with Crippen LogP contribution in [0.4, 0.5) is 24.5 Å². The number of para-hydroxylation sites is 2. The molecule has 43 heavy (non-hydrogen) atoms. The molecule has 0 aromatic heterocycles. The third-order valence-corrected chi connectivity index (χ3v) is 8.00. The van der Waals surface area contributed by atoms with Crippen LogP contribution in [-0.4, -0.2) is 60.3 Å². The zero-order valence-electron chi connectivity index (χ0n) is 24.0. The van der Waals surface area contributed by atoms with Gasteiger partial charge in [-0.2, -0.15) is 13.2 Å². The van der Waals surface area contributed by atoms with Gasteiger partial charge in [-0.05, 0) is 99.6 Å². The summed E-state index contributed by atoms with van der Waals surface area (Å²) in [7, 11) is 0. The number of benzene rings is 3. The molecule has 1 saturated heterocycles. The van der Waals surface area contributed by atoms with Gasteiger partial charge in [0.2, 0.25) is 0 Å². The normalized spacial score (nSPS) is 18.8. The molecule has 1 amide bonds. The van der Waals surface area contributed by atoms with Gasteiger partial charge in [-0.3, -0.25) is 4.79 Å². The van der Waals surface area contributed by atoms with Gasteiger partial charge in [0.05, 0.1) is 11.4 Å². The van der Waals surface area contributed by atoms with Gasteiger partial charge in [0.1, 0.15) is 0 Å². The molecule has 1 aliphatic heterocycles. The lowest BCUT2D eigenvalue weighted by Crippen LogP contribution is -2.38. The summed E-state index contributed by atoms with van der Waals surface area (Å²) >= 11 is 0. The smallest absolute Gasteiger partial charge is 0.475 e. The molecule has 1 saturated carbocycles. The van der Waals surface area contributed by atoms with Gasteiger partial charge >= 0.3 is 12.1 Å². The highest BCUT2D eigenvalue weighted by molar-refractivity contribution is 6.05. The van der Waals surface area contributed by atoms with E-state index in [9.17, 15) is 18.0 Å². The predicted molar refractivity (Wildman–Crippen MR) is 162 cm³/mol. The minimum Gasteiger partial charge on any atom is -0.475 e. The number of nitrogens with two attached hydrogens (primary N) is 1. The van der Waals surface area contributed by atoms with Gasteiger partial charge in [-0.25, -0.2) is 4.79 Å². The van der Waals surface area contributed by atoms with Crippen LogP contribution in [0.1, 0.15) is 53.1 Å². The number of carbonyl (C=O) groups is 2. The molecule has 2 atom stereocenters. The summed E-state index contributed by atoms with van der Waals surface area (Å²) < 4.78 is 31.7. The molecular formula is C33H39F3N4O3. The maximum absolute atomic E-state index is 12.5. The second-order valence-corrected chi connectivity index (χ2v) is 11.2. The Morgan fingerprint density at radius 1 is 0.930 bits per heavy atom. The number of carboxylic acids is 1. The maximum Gasteiger partial charge on any atom is 0.490 e. The second kappa shape index (κ2) is 15.0. The van der Waals surface area contributed by atoms with Crippen LogP contribution < -0.4 is 16.4 Å². The number of rotatable bonds is 10. The van der Waals surface area contributed by atoms with Crippen molar-refractivity contribution >= 4 is 23.3 Å². The van der Waals surface area contributed by atoms with E-state index in [1.807, 2.05) is 30.3 Å². The number of piperidine rings is 1. The molecule has 230 valence electrons. The summed E-state index contributed by atoms with van der Waals surface area (Å²) in [5, 5.41) is 13.8. The fourth-order valence-electron chi connectivity index (χ4n) is 5.36. The Labute approximate surface area is 250 Å². The minimum absolute atomic E-state index is 0.130. The molecule has 0 radical (unpaired) electrons. The van der Waals surface area contributed by atoms with Crippen molar-refractivity contribution in [2.75, 3.05) is 37.2 Å². The number of anilines is 2. The number of halogens is 3. The van der Waals surface area contributed by atoms with Crippen molar-refractivity contribution < 1.29 is 27.9 Å². The van der Waals surface area contributed by atoms with Crippen LogP contribution in [0.5, 0.6) is 0 Å². The Hall–Kier alpha value is -3.89. The number of aliphatic carboxylic acids is 1. The number of carboxylic acid groups (broad SMARTS) is 1. The van der Waals surface area contributed by atoms with Crippen LogP contribution in [0, 0.1) is 5.92 Å². The molecule has 2 aliphatic rings. The third-order valence-electron chi connectivity index (χ3n) is 8.00. The van der Waals surface area contributed by atoms with Gasteiger partial charge in [-0.15, -0.1) is 0 Å². The first-order valence-electron chi connectivity index (χ1n) is 14.7. The highest BCUT2D eigenvalue weighted by Gasteiger charge is 2.39. The van der Waals surface area contributed by atoms with Crippen molar-refractivity contribution in [2.24, 2.45) is 5.92 Å². The molecule has 0 bridgehead atoms. The zero-order valence-corrected chi connectivity index (χ0v) is 24.0. The van der Waals surface area contributed by atoms with Crippen molar-refractivity contribution in [1.29, 1.82) is 0 Å². The lowest BCUT2D eigenvalue weighted by Gasteiger charge is -2.32. The van der Waals surface area contributed by atoms with E-state index in [4.69, 9.17) is 15.6 Å². The quantitative estimate of drug-likeness (QED) is 0.216. The summed E-state index contributed by atoms with van der Waals surface area (Å²) in [6.07, 6.45) is 0.987. The zero-order chi connectivity index (χ0) is 30.8. The number of hydrogen-bond donors (Lipinski definition) is 4. The van der Waals surface area contributed by atoms with Crippen molar-refractivity contribution in [3.63, 3.8) is 0 Å². The molecule has 10 heteroatoms. The van der Waals surface area contributed by atoms with Gasteiger partial charge in [0.15, 0.2) is 0 Å². The van der Waals surface area contributed by atoms with Crippen molar-refractivity contribution in [1.82, 2.24) is 10.2 Å². The molecule has 0 spiro atoms. The van der Waals surface area contributed by atoms with E-state index in [1.165, 1.54) is 50.0 Å². The van der Waals surface area contributed by atoms with E-state index < -0.39 is 12.1 Å². The lowest BCUT2D eigenvalue weighted by molar-refractivity contribution is -0.192. The largest absolute Gasteiger partial charge is 0.490 e. The first-order chi connectivity index (χ1) is 20.6. The molecule has 5 rings (SSSR count). The summed E-state index contributed by atoms with van der Waals surface area (Å²) in [6, 6.07) is 26.9. The number of nitrogens with zero attached hydrogens (tertiary/aromatic N) is 1. The molecule has 2 fully saturated rings. The highest BCUT2D eigenvalue weighted by Crippen LogP contribution is 2.40. The van der Waals surface area contributed by atoms with Crippen LogP contribution in [0.2, 0.25) is 0 Å². The number of amides is 1. The molecule has 5 N–H and O–H groups in total. The lowest BCUT2D eigenvalue weighted by atomic mass is 9.96. The van der Waals surface area contributed by atoms with E-state index in [2.05, 4.69) is 58.0 Å². The SMILES string of the molecule is Nc1ccccc1NC(=O)c1ccc(CCCN2CCC(CNC3CC3c3ccccc3)CC2)cc1.O=C(O)C(F)(F)F. The number of nitrogens with one attached hydrogen (secondary N) is 2. The molecule has 1 heterocycles. The first kappa shape index (κ1) is 32.0. The third kappa shape index (κ3) is 10.1. The van der Waals surface area contributed by atoms with Crippen LogP contribution in [-0.2, 0) is 11.2 Å². The summed E-state index contributed by atoms with van der Waals surface area (Å²) in [5.41, 5.74) is 10.6. The van der Waals surface area contributed by atoms with Crippen LogP contribution >= 0.6 is 0 Å². The van der Waals surface area contributed by atoms with Crippen molar-refractivity contribution in [3.05, 3.63) is 95.6 Å². The molecular weight excluding hydrogens is 557 g/mol. The number of nitrogen functional groups attached to an aromatic ring is 1. The van der Waals surface area contributed by atoms with Gasteiger partial charge in [-0.1, -0.05) is 54.6 Å². The Bertz CT molecular complexity index is 1330. The standard InChI is InChI=1S/C31H38N4O.C2HF3O2/c32-28-10-4-5-11-29(28)34-31(36)26-14-12-23(13-15-26)7-6-18-35-19-16-24(17-20-35)22-33-30-21-27(30)25-8-2-1-3-9-25;3-2(4,5)1(6)7/h1-5,8-15,24,27,30,33H,6-7,16-22,32H2,(H,34,36);(H,6,7). The average molecular weight is 597 g/mol. The Morgan fingerprint density at radius 2 is 1.56 bits per heavy atom. The van der Waals surface area contributed by atoms with Gasteiger partial charge < -0.3 is 26.4 Å². The number of carbonyl (C=O) groups excluding carboxylic acids is 1. The van der Waals surface area contributed by atoms with E-state index in [1.54, 1.807) is 6.07 Å². The Kier molecular flexibility index (Phi) is 11.2. The Balaban J connectivity index is 0.000000541. The molecule has 3 aromatic rings. The van der Waals surface area contributed by atoms with Crippen LogP contribution in [0.25, 0.3) is 0 Å². The fourth-order valence-corrected chi connectivity index (χ4v) is 5.36. The molecule has 2 unspecified atom stereocenters. The summed E-state index contributed by atoms with van der Waals surface area (Å²) in [6.45, 7) is 4.73. The minimum atomic E-state index is -5.08. The van der Waals surface area contributed by atoms with E-state index in [-0.39, 0.29) is 5.91 Å². The van der Waals surface area contributed by atoms with Crippen LogP contribution in [0.15, 0.2) is 78.9 Å². The maximum atomic E-state index is 12.5. The van der Waals surface area contributed by atoms with E-state index in [0.29, 0.717) is 23.0 Å². The first-order valence-corrected chi connectivity index (χ1v) is 14.7. The summed E-state index contributed by atoms with van der Waals surface area (Å²) in [4.78, 5) is 24.0. The fraction of sp³-hybridized carbons (Fsp3) is 0.394. The van der Waals surface area contributed by atoms with E-state index in [0.717, 1.165) is 31.2 Å². The van der Waals surface area contributed by atoms with Gasteiger partial charge in [0.25, 0.3) is 5.91 Å². The molecule has 3 aromatic carbocycles. The summed E-state index contributed by atoms with van der Waals surface area (Å²) in [5.74, 6) is -1.36. The predicted octanol–water partition coefficient (Wildman–Crippen LogP) is 5.94. The number of hydrogen-bond acceptors (Lipinski definition) is 5. The topological polar surface area (TPSA) is 108 Å². The van der Waals surface area contributed by atoms with Crippen molar-refractivity contribution in [2.45, 2.75) is 50.2 Å². The molecule has 1 aliphatic carbocycles. The number of aryl methyl sites for hydroxylation is 1. The monoisotopic (exact) mass is 596 g/mol. The average Bonchev–Trinajstić information content (AvgIpc) is 3.78. The number of alkyl halides is 3. The van der Waals surface area contributed by atoms with Crippen LogP contribution in [0.3, 0.4) is 0 Å². The van der Waals surface area contributed by atoms with Crippen molar-refractivity contribution in [3.8, 4) is 0 Å². The Morgan fingerprint density at radius 3 is 2.19 bits per heavy atom. The molecule has 7 nitrogen and oxygen atoms in total. The van der Waals surface area contributed by atoms with E-state index >= 15 is 0 Å². The van der Waals surface area contributed by atoms with Gasteiger partial charge in [0, 0.05) is 17.5 Å². The highest BCUT2D eigenvalue weighted by atomic mass is 19.4.